The summed E-state index contributed by atoms with van der Waals surface area (Å²) in [5.74, 6) is -0.0728. The normalized spacial score (nSPS) is 25.0. The number of rotatable bonds is 4. The second-order valence-electron chi connectivity index (χ2n) is 6.63. The summed E-state index contributed by atoms with van der Waals surface area (Å²) < 4.78 is 5.99. The highest BCUT2D eigenvalue weighted by Gasteiger charge is 2.40. The van der Waals surface area contributed by atoms with Crippen molar-refractivity contribution < 1.29 is 14.6 Å². The van der Waals surface area contributed by atoms with Crippen molar-refractivity contribution in [3.8, 4) is 0 Å². The molecule has 2 aliphatic rings. The van der Waals surface area contributed by atoms with Crippen LogP contribution < -0.4 is 5.32 Å². The van der Waals surface area contributed by atoms with Crippen LogP contribution in [0.4, 0.5) is 0 Å². The molecule has 120 valence electrons. The number of amides is 1. The summed E-state index contributed by atoms with van der Waals surface area (Å²) in [5.41, 5.74) is 0.797. The van der Waals surface area contributed by atoms with Gasteiger partial charge in [-0.3, -0.25) is 4.79 Å². The summed E-state index contributed by atoms with van der Waals surface area (Å²) in [6, 6.07) is 9.53. The number of aliphatic hydroxyl groups excluding tert-OH is 1. The van der Waals surface area contributed by atoms with Gasteiger partial charge in [-0.05, 0) is 31.2 Å². The van der Waals surface area contributed by atoms with E-state index in [1.54, 1.807) is 0 Å². The molecule has 1 aromatic rings. The first-order valence-electron chi connectivity index (χ1n) is 8.33. The zero-order valence-corrected chi connectivity index (χ0v) is 13.0. The molecule has 4 heteroatoms. The van der Waals surface area contributed by atoms with Gasteiger partial charge in [0.2, 0.25) is 5.91 Å². The Bertz CT molecular complexity index is 496. The lowest BCUT2D eigenvalue weighted by Gasteiger charge is -2.38. The molecule has 1 saturated carbocycles. The molecule has 2 unspecified atom stereocenters. The predicted octanol–water partition coefficient (Wildman–Crippen LogP) is 2.72. The SMILES string of the molecule is O=C(CC(O)c1ccccc1)NC1CCOC2(CCCC2)C1. The molecule has 22 heavy (non-hydrogen) atoms. The Morgan fingerprint density at radius 1 is 1.32 bits per heavy atom. The average molecular weight is 303 g/mol. The fraction of sp³-hybridized carbons (Fsp3) is 0.611. The van der Waals surface area contributed by atoms with Gasteiger partial charge in [-0.2, -0.15) is 0 Å². The van der Waals surface area contributed by atoms with Crippen molar-refractivity contribution in [2.75, 3.05) is 6.61 Å². The first-order chi connectivity index (χ1) is 10.7. The van der Waals surface area contributed by atoms with Gasteiger partial charge in [-0.25, -0.2) is 0 Å². The van der Waals surface area contributed by atoms with Gasteiger partial charge >= 0.3 is 0 Å². The maximum atomic E-state index is 12.2. The minimum absolute atomic E-state index is 0.00818. The molecule has 2 fully saturated rings. The highest BCUT2D eigenvalue weighted by atomic mass is 16.5. The molecular formula is C18H25NO3. The van der Waals surface area contributed by atoms with Gasteiger partial charge < -0.3 is 15.2 Å². The Morgan fingerprint density at radius 3 is 2.77 bits per heavy atom. The van der Waals surface area contributed by atoms with E-state index in [1.165, 1.54) is 12.8 Å². The first kappa shape index (κ1) is 15.5. The van der Waals surface area contributed by atoms with Crippen LogP contribution in [-0.2, 0) is 9.53 Å². The third kappa shape index (κ3) is 3.68. The fourth-order valence-electron chi connectivity index (χ4n) is 3.77. The van der Waals surface area contributed by atoms with Crippen LogP contribution >= 0.6 is 0 Å². The maximum Gasteiger partial charge on any atom is 0.223 e. The molecule has 2 N–H and O–H groups in total. The highest BCUT2D eigenvalue weighted by Crippen LogP contribution is 2.40. The number of hydrogen-bond donors (Lipinski definition) is 2. The van der Waals surface area contributed by atoms with Crippen LogP contribution in [-0.4, -0.2) is 29.3 Å². The molecule has 1 saturated heterocycles. The van der Waals surface area contributed by atoms with Crippen LogP contribution in [0.25, 0.3) is 0 Å². The van der Waals surface area contributed by atoms with Crippen molar-refractivity contribution in [2.45, 2.75) is 62.7 Å². The average Bonchev–Trinajstić information content (AvgIpc) is 2.95. The predicted molar refractivity (Wildman–Crippen MR) is 84.3 cm³/mol. The Labute approximate surface area is 131 Å². The Kier molecular flexibility index (Phi) is 4.79. The number of ether oxygens (including phenoxy) is 1. The molecule has 1 aromatic carbocycles. The summed E-state index contributed by atoms with van der Waals surface area (Å²) >= 11 is 0. The van der Waals surface area contributed by atoms with Crippen LogP contribution in [0, 0.1) is 0 Å². The smallest absolute Gasteiger partial charge is 0.223 e. The van der Waals surface area contributed by atoms with Crippen molar-refractivity contribution in [3.63, 3.8) is 0 Å². The number of aliphatic hydroxyl groups is 1. The summed E-state index contributed by atoms with van der Waals surface area (Å²) in [5, 5.41) is 13.2. The quantitative estimate of drug-likeness (QED) is 0.899. The lowest BCUT2D eigenvalue weighted by atomic mass is 9.89. The van der Waals surface area contributed by atoms with E-state index >= 15 is 0 Å². The lowest BCUT2D eigenvalue weighted by Crippen LogP contribution is -2.47. The summed E-state index contributed by atoms with van der Waals surface area (Å²) in [7, 11) is 0. The van der Waals surface area contributed by atoms with E-state index in [1.807, 2.05) is 30.3 Å². The Balaban J connectivity index is 1.51. The zero-order valence-electron chi connectivity index (χ0n) is 13.0. The number of benzene rings is 1. The van der Waals surface area contributed by atoms with Crippen LogP contribution in [0.2, 0.25) is 0 Å². The molecule has 1 aliphatic heterocycles. The van der Waals surface area contributed by atoms with Gasteiger partial charge in [0, 0.05) is 12.6 Å². The van der Waals surface area contributed by atoms with Gasteiger partial charge in [0.25, 0.3) is 0 Å². The number of carbonyl (C=O) groups excluding carboxylic acids is 1. The van der Waals surface area contributed by atoms with Crippen molar-refractivity contribution >= 4 is 5.91 Å². The Hall–Kier alpha value is -1.39. The van der Waals surface area contributed by atoms with E-state index in [0.717, 1.165) is 37.9 Å². The van der Waals surface area contributed by atoms with E-state index < -0.39 is 6.10 Å². The highest BCUT2D eigenvalue weighted by molar-refractivity contribution is 5.77. The van der Waals surface area contributed by atoms with E-state index in [4.69, 9.17) is 4.74 Å². The van der Waals surface area contributed by atoms with Gasteiger partial charge in [0.05, 0.1) is 18.1 Å². The third-order valence-corrected chi connectivity index (χ3v) is 4.94. The van der Waals surface area contributed by atoms with Crippen molar-refractivity contribution in [1.82, 2.24) is 5.32 Å². The molecule has 2 atom stereocenters. The molecule has 0 bridgehead atoms. The molecule has 1 heterocycles. The van der Waals surface area contributed by atoms with E-state index in [0.29, 0.717) is 0 Å². The molecule has 1 spiro atoms. The molecule has 0 radical (unpaired) electrons. The maximum absolute atomic E-state index is 12.2. The third-order valence-electron chi connectivity index (χ3n) is 4.94. The number of nitrogens with one attached hydrogen (secondary N) is 1. The van der Waals surface area contributed by atoms with Crippen LogP contribution in [0.1, 0.15) is 56.6 Å². The lowest BCUT2D eigenvalue weighted by molar-refractivity contribution is -0.127. The van der Waals surface area contributed by atoms with E-state index in [2.05, 4.69) is 5.32 Å². The van der Waals surface area contributed by atoms with Gasteiger partial charge in [-0.1, -0.05) is 43.2 Å². The molecule has 4 nitrogen and oxygen atoms in total. The van der Waals surface area contributed by atoms with Gasteiger partial charge in [0.15, 0.2) is 0 Å². The Morgan fingerprint density at radius 2 is 2.05 bits per heavy atom. The van der Waals surface area contributed by atoms with Crippen molar-refractivity contribution in [2.24, 2.45) is 0 Å². The monoisotopic (exact) mass is 303 g/mol. The van der Waals surface area contributed by atoms with Crippen LogP contribution in [0.15, 0.2) is 30.3 Å². The number of carbonyl (C=O) groups is 1. The fourth-order valence-corrected chi connectivity index (χ4v) is 3.77. The van der Waals surface area contributed by atoms with E-state index in [-0.39, 0.29) is 24.0 Å². The van der Waals surface area contributed by atoms with Crippen molar-refractivity contribution in [1.29, 1.82) is 0 Å². The summed E-state index contributed by atoms with van der Waals surface area (Å²) in [6.07, 6.45) is 5.86. The van der Waals surface area contributed by atoms with Crippen LogP contribution in [0.3, 0.4) is 0 Å². The second-order valence-corrected chi connectivity index (χ2v) is 6.63. The topological polar surface area (TPSA) is 58.6 Å². The molecular weight excluding hydrogens is 278 g/mol. The zero-order chi connectivity index (χ0) is 15.4. The summed E-state index contributed by atoms with van der Waals surface area (Å²) in [4.78, 5) is 12.2. The summed E-state index contributed by atoms with van der Waals surface area (Å²) in [6.45, 7) is 0.728. The van der Waals surface area contributed by atoms with Crippen LogP contribution in [0.5, 0.6) is 0 Å². The molecule has 1 amide bonds. The van der Waals surface area contributed by atoms with E-state index in [9.17, 15) is 9.90 Å². The minimum Gasteiger partial charge on any atom is -0.388 e. The standard InChI is InChI=1S/C18H25NO3/c20-16(14-6-2-1-3-7-14)12-17(21)19-15-8-11-22-18(13-15)9-4-5-10-18/h1-3,6-7,15-16,20H,4-5,8-13H2,(H,19,21). The minimum atomic E-state index is -0.735. The number of hydrogen-bond acceptors (Lipinski definition) is 3. The second kappa shape index (κ2) is 6.80. The molecule has 0 aromatic heterocycles. The van der Waals surface area contributed by atoms with Gasteiger partial charge in [-0.15, -0.1) is 0 Å². The first-order valence-corrected chi connectivity index (χ1v) is 8.33. The van der Waals surface area contributed by atoms with Gasteiger partial charge in [0.1, 0.15) is 0 Å². The largest absolute Gasteiger partial charge is 0.388 e. The molecule has 3 rings (SSSR count). The molecule has 1 aliphatic carbocycles. The van der Waals surface area contributed by atoms with Crippen molar-refractivity contribution in [3.05, 3.63) is 35.9 Å².